The second-order valence-corrected chi connectivity index (χ2v) is 9.27. The second kappa shape index (κ2) is 10.4. The third-order valence-corrected chi connectivity index (χ3v) is 5.50. The van der Waals surface area contributed by atoms with E-state index in [1.165, 1.54) is 24.3 Å². The molecule has 0 spiro atoms. The molecule has 0 amide bonds. The summed E-state index contributed by atoms with van der Waals surface area (Å²) >= 11 is 0. The van der Waals surface area contributed by atoms with Crippen molar-refractivity contribution in [1.29, 1.82) is 0 Å². The molecule has 1 aromatic carbocycles. The molecule has 1 unspecified atom stereocenters. The predicted octanol–water partition coefficient (Wildman–Crippen LogP) is 6.38. The van der Waals surface area contributed by atoms with Crippen LogP contribution in [-0.4, -0.2) is 32.8 Å². The molecule has 0 bridgehead atoms. The first-order valence-corrected chi connectivity index (χ1v) is 10.8. The van der Waals surface area contributed by atoms with Crippen molar-refractivity contribution < 1.29 is 30.0 Å². The smallest absolute Gasteiger partial charge is 0.173 e. The maximum absolute atomic E-state index is 12.4. The molecule has 1 aliphatic rings. The van der Waals surface area contributed by atoms with Gasteiger partial charge in [-0.3, -0.25) is 4.79 Å². The zero-order chi connectivity index (χ0) is 24.1. The number of aliphatic hydroxyl groups is 2. The Labute approximate surface area is 189 Å². The highest BCUT2D eigenvalue weighted by Gasteiger charge is 2.32. The van der Waals surface area contributed by atoms with Crippen molar-refractivity contribution >= 4 is 5.78 Å². The van der Waals surface area contributed by atoms with Crippen molar-refractivity contribution in [3.63, 3.8) is 0 Å². The van der Waals surface area contributed by atoms with Gasteiger partial charge in [-0.05, 0) is 43.8 Å². The van der Waals surface area contributed by atoms with Gasteiger partial charge >= 0.3 is 0 Å². The van der Waals surface area contributed by atoms with E-state index in [1.54, 1.807) is 0 Å². The number of carbonyl (C=O) groups excluding carboxylic acids is 1. The van der Waals surface area contributed by atoms with Gasteiger partial charge in [0.25, 0.3) is 0 Å². The van der Waals surface area contributed by atoms with Crippen molar-refractivity contribution in [3.8, 4) is 17.2 Å². The second-order valence-electron chi connectivity index (χ2n) is 9.27. The molecule has 6 nitrogen and oxygen atoms in total. The van der Waals surface area contributed by atoms with Gasteiger partial charge < -0.3 is 25.2 Å². The van der Waals surface area contributed by atoms with E-state index in [1.807, 2.05) is 13.0 Å². The Balaban J connectivity index is 2.49. The maximum Gasteiger partial charge on any atom is 0.173 e. The molecule has 1 aliphatic heterocycles. The van der Waals surface area contributed by atoms with Crippen LogP contribution >= 0.6 is 0 Å². The van der Waals surface area contributed by atoms with Gasteiger partial charge in [-0.2, -0.15) is 0 Å². The molecule has 1 aromatic rings. The molecule has 6 heteroatoms. The summed E-state index contributed by atoms with van der Waals surface area (Å²) in [4.78, 5) is 12.4. The van der Waals surface area contributed by atoms with E-state index in [9.17, 15) is 25.2 Å². The van der Waals surface area contributed by atoms with Crippen molar-refractivity contribution in [1.82, 2.24) is 0 Å². The standard InChI is InChI=1S/C26H34O6/c1-6-8-18(27)19(28)10-7-9-16(2)17(11-13-26(3,4)5)23-21(30)15-22(31)24-20(29)12-14-32-25(23)24/h6,8-10,15,17,27-28,30-31H,1,7,11-14H2,2-5H3/b16-9+,18-8+,19-10-. The maximum atomic E-state index is 12.4. The molecule has 1 heterocycles. The molecule has 0 aliphatic carbocycles. The quantitative estimate of drug-likeness (QED) is 0.211. The minimum absolute atomic E-state index is 0.0429. The molecule has 0 fully saturated rings. The van der Waals surface area contributed by atoms with Crippen LogP contribution in [0.4, 0.5) is 0 Å². The predicted molar refractivity (Wildman–Crippen MR) is 126 cm³/mol. The summed E-state index contributed by atoms with van der Waals surface area (Å²) in [6, 6.07) is 1.21. The summed E-state index contributed by atoms with van der Waals surface area (Å²) < 4.78 is 5.78. The van der Waals surface area contributed by atoms with Gasteiger partial charge in [-0.15, -0.1) is 0 Å². The number of carbonyl (C=O) groups is 1. The largest absolute Gasteiger partial charge is 0.507 e. The average molecular weight is 443 g/mol. The first-order chi connectivity index (χ1) is 15.0. The zero-order valence-corrected chi connectivity index (χ0v) is 19.3. The normalized spacial score (nSPS) is 16.4. The van der Waals surface area contributed by atoms with Crippen LogP contribution in [0.2, 0.25) is 0 Å². The zero-order valence-electron chi connectivity index (χ0n) is 19.3. The Bertz CT molecular complexity index is 960. The molecular formula is C26H34O6. The number of hydrogen-bond acceptors (Lipinski definition) is 6. The number of aliphatic hydroxyl groups excluding tert-OH is 2. The summed E-state index contributed by atoms with van der Waals surface area (Å²) in [5, 5.41) is 40.6. The number of Topliss-reactive ketones (excluding diaryl/α,β-unsaturated/α-hetero) is 1. The van der Waals surface area contributed by atoms with Crippen LogP contribution in [-0.2, 0) is 0 Å². The SMILES string of the molecule is C=C/C=C(O)\C(O)=C\C/C=C(\C)C(CCC(C)(C)C)c1c(O)cc(O)c2c1OCCC2=O. The van der Waals surface area contributed by atoms with Gasteiger partial charge in [0.1, 0.15) is 22.8 Å². The Morgan fingerprint density at radius 1 is 1.19 bits per heavy atom. The van der Waals surface area contributed by atoms with Crippen LogP contribution in [0.1, 0.15) is 75.2 Å². The summed E-state index contributed by atoms with van der Waals surface area (Å²) in [5.41, 5.74) is 1.57. The fraction of sp³-hybridized carbons (Fsp3) is 0.423. The lowest BCUT2D eigenvalue weighted by Crippen LogP contribution is -2.19. The number of aromatic hydroxyl groups is 2. The van der Waals surface area contributed by atoms with Crippen LogP contribution in [0.15, 0.2) is 54.0 Å². The minimum atomic E-state index is -0.278. The van der Waals surface area contributed by atoms with Crippen LogP contribution in [0.25, 0.3) is 0 Å². The molecule has 4 N–H and O–H groups in total. The molecular weight excluding hydrogens is 408 g/mol. The third-order valence-electron chi connectivity index (χ3n) is 5.50. The van der Waals surface area contributed by atoms with Gasteiger partial charge in [0.2, 0.25) is 0 Å². The van der Waals surface area contributed by atoms with E-state index in [0.29, 0.717) is 18.4 Å². The summed E-state index contributed by atoms with van der Waals surface area (Å²) in [6.45, 7) is 12.0. The van der Waals surface area contributed by atoms with Gasteiger partial charge in [0.05, 0.1) is 6.61 Å². The Kier molecular flexibility index (Phi) is 8.19. The number of ketones is 1. The van der Waals surface area contributed by atoms with Gasteiger partial charge in [-0.1, -0.05) is 45.1 Å². The van der Waals surface area contributed by atoms with E-state index >= 15 is 0 Å². The van der Waals surface area contributed by atoms with Crippen molar-refractivity contribution in [2.24, 2.45) is 5.41 Å². The minimum Gasteiger partial charge on any atom is -0.507 e. The van der Waals surface area contributed by atoms with E-state index in [-0.39, 0.29) is 64.5 Å². The molecule has 0 aromatic heterocycles. The van der Waals surface area contributed by atoms with Crippen molar-refractivity contribution in [2.75, 3.05) is 6.61 Å². The molecule has 0 radical (unpaired) electrons. The van der Waals surface area contributed by atoms with Crippen LogP contribution in [0.3, 0.4) is 0 Å². The highest BCUT2D eigenvalue weighted by Crippen LogP contribution is 2.48. The van der Waals surface area contributed by atoms with Crippen LogP contribution < -0.4 is 4.74 Å². The van der Waals surface area contributed by atoms with Crippen LogP contribution in [0, 0.1) is 5.41 Å². The molecule has 2 rings (SSSR count). The summed E-state index contributed by atoms with van der Waals surface area (Å²) in [7, 11) is 0. The van der Waals surface area contributed by atoms with Gasteiger partial charge in [0, 0.05) is 24.0 Å². The lowest BCUT2D eigenvalue weighted by atomic mass is 9.79. The lowest BCUT2D eigenvalue weighted by Gasteiger charge is -2.29. The average Bonchev–Trinajstić information content (AvgIpc) is 2.69. The van der Waals surface area contributed by atoms with E-state index in [4.69, 9.17) is 4.74 Å². The monoisotopic (exact) mass is 442 g/mol. The Hall–Kier alpha value is -3.15. The summed E-state index contributed by atoms with van der Waals surface area (Å²) in [6.07, 6.45) is 8.10. The Morgan fingerprint density at radius 2 is 1.88 bits per heavy atom. The molecule has 1 atom stereocenters. The van der Waals surface area contributed by atoms with E-state index < -0.39 is 0 Å². The Morgan fingerprint density at radius 3 is 2.50 bits per heavy atom. The van der Waals surface area contributed by atoms with Crippen LogP contribution in [0.5, 0.6) is 17.2 Å². The fourth-order valence-electron chi connectivity index (χ4n) is 3.75. The van der Waals surface area contributed by atoms with E-state index in [2.05, 4.69) is 27.4 Å². The topological polar surface area (TPSA) is 107 Å². The number of ether oxygens (including phenoxy) is 1. The number of phenols is 2. The highest BCUT2D eigenvalue weighted by molar-refractivity contribution is 6.03. The highest BCUT2D eigenvalue weighted by atomic mass is 16.5. The number of hydrogen-bond donors (Lipinski definition) is 4. The van der Waals surface area contributed by atoms with Crippen molar-refractivity contribution in [3.05, 3.63) is 65.2 Å². The first kappa shape index (κ1) is 25.1. The molecule has 174 valence electrons. The molecule has 32 heavy (non-hydrogen) atoms. The van der Waals surface area contributed by atoms with Gasteiger partial charge in [-0.25, -0.2) is 0 Å². The number of allylic oxidation sites excluding steroid dienone is 5. The molecule has 0 saturated heterocycles. The molecule has 0 saturated carbocycles. The fourth-order valence-corrected chi connectivity index (χ4v) is 3.75. The first-order valence-electron chi connectivity index (χ1n) is 10.8. The number of fused-ring (bicyclic) bond motifs is 1. The number of phenolic OH excluding ortho intramolecular Hbond substituents is 2. The summed E-state index contributed by atoms with van der Waals surface area (Å²) in [5.74, 6) is -1.14. The lowest BCUT2D eigenvalue weighted by molar-refractivity contribution is 0.0928. The third kappa shape index (κ3) is 6.19. The number of rotatable bonds is 8. The van der Waals surface area contributed by atoms with Crippen molar-refractivity contribution in [2.45, 2.75) is 59.3 Å². The number of benzene rings is 1. The van der Waals surface area contributed by atoms with E-state index in [0.717, 1.165) is 12.0 Å². The van der Waals surface area contributed by atoms with Gasteiger partial charge in [0.15, 0.2) is 17.3 Å².